The molecule has 0 saturated heterocycles. The number of hydrogen-bond donors (Lipinski definition) is 3. The zero-order valence-corrected chi connectivity index (χ0v) is 15.5. The molecule has 0 aliphatic carbocycles. The predicted octanol–water partition coefficient (Wildman–Crippen LogP) is 1.10. The van der Waals surface area contributed by atoms with E-state index in [-0.39, 0.29) is 23.9 Å². The SMILES string of the molecule is CC(C)CC(=O)N(C)CCNC(=O)[C@H](CCCCN)NC(C)C. The Kier molecular flexibility index (Phi) is 11.7. The smallest absolute Gasteiger partial charge is 0.237 e. The molecule has 0 unspecified atom stereocenters. The molecule has 23 heavy (non-hydrogen) atoms. The third kappa shape index (κ3) is 11.1. The highest BCUT2D eigenvalue weighted by molar-refractivity contribution is 5.81. The van der Waals surface area contributed by atoms with Crippen molar-refractivity contribution in [2.45, 2.75) is 65.5 Å². The van der Waals surface area contributed by atoms with Crippen LogP contribution in [0.5, 0.6) is 0 Å². The van der Waals surface area contributed by atoms with Gasteiger partial charge in [-0.05, 0) is 25.3 Å². The first kappa shape index (κ1) is 21.9. The molecule has 0 saturated carbocycles. The number of likely N-dealkylation sites (N-methyl/N-ethyl adjacent to an activating group) is 1. The van der Waals surface area contributed by atoms with Gasteiger partial charge in [0.05, 0.1) is 6.04 Å². The fourth-order valence-electron chi connectivity index (χ4n) is 2.29. The molecule has 0 aromatic carbocycles. The molecule has 1 atom stereocenters. The van der Waals surface area contributed by atoms with Gasteiger partial charge in [-0.3, -0.25) is 9.59 Å². The van der Waals surface area contributed by atoms with Gasteiger partial charge in [0.25, 0.3) is 0 Å². The first-order valence-electron chi connectivity index (χ1n) is 8.75. The lowest BCUT2D eigenvalue weighted by Gasteiger charge is -2.22. The third-order valence-corrected chi connectivity index (χ3v) is 3.55. The standard InChI is InChI=1S/C17H36N4O2/c1-13(2)12-16(22)21(5)11-10-19-17(23)15(20-14(3)4)8-6-7-9-18/h13-15,20H,6-12,18H2,1-5H3,(H,19,23)/t15-/m0/s1. The molecule has 0 aliphatic rings. The molecule has 0 rings (SSSR count). The summed E-state index contributed by atoms with van der Waals surface area (Å²) >= 11 is 0. The second-order valence-electron chi connectivity index (χ2n) is 6.86. The Labute approximate surface area is 141 Å². The normalized spacial score (nSPS) is 12.5. The van der Waals surface area contributed by atoms with Gasteiger partial charge in [-0.1, -0.05) is 34.1 Å². The molecule has 0 bridgehead atoms. The number of carbonyl (C=O) groups excluding carboxylic acids is 2. The summed E-state index contributed by atoms with van der Waals surface area (Å²) in [5.41, 5.74) is 5.51. The number of rotatable bonds is 12. The van der Waals surface area contributed by atoms with E-state index in [9.17, 15) is 9.59 Å². The van der Waals surface area contributed by atoms with E-state index in [0.29, 0.717) is 32.0 Å². The van der Waals surface area contributed by atoms with Crippen LogP contribution in [-0.4, -0.2) is 55.5 Å². The summed E-state index contributed by atoms with van der Waals surface area (Å²) in [4.78, 5) is 25.8. The van der Waals surface area contributed by atoms with E-state index < -0.39 is 0 Å². The highest BCUT2D eigenvalue weighted by Gasteiger charge is 2.18. The Morgan fingerprint density at radius 3 is 2.30 bits per heavy atom. The van der Waals surface area contributed by atoms with Gasteiger partial charge >= 0.3 is 0 Å². The number of nitrogens with zero attached hydrogens (tertiary/aromatic N) is 1. The van der Waals surface area contributed by atoms with E-state index in [1.807, 2.05) is 27.7 Å². The molecular weight excluding hydrogens is 292 g/mol. The van der Waals surface area contributed by atoms with Crippen molar-refractivity contribution in [2.75, 3.05) is 26.7 Å². The maximum absolute atomic E-state index is 12.3. The molecule has 0 spiro atoms. The molecule has 2 amide bonds. The van der Waals surface area contributed by atoms with Gasteiger partial charge in [-0.2, -0.15) is 0 Å². The number of amides is 2. The van der Waals surface area contributed by atoms with E-state index in [1.54, 1.807) is 11.9 Å². The van der Waals surface area contributed by atoms with E-state index in [1.165, 1.54) is 0 Å². The molecule has 4 N–H and O–H groups in total. The second kappa shape index (κ2) is 12.3. The van der Waals surface area contributed by atoms with Crippen molar-refractivity contribution in [3.63, 3.8) is 0 Å². The number of nitrogens with two attached hydrogens (primary N) is 1. The largest absolute Gasteiger partial charge is 0.353 e. The molecule has 0 heterocycles. The molecule has 0 aromatic rings. The third-order valence-electron chi connectivity index (χ3n) is 3.55. The minimum Gasteiger partial charge on any atom is -0.353 e. The molecule has 0 fully saturated rings. The van der Waals surface area contributed by atoms with Gasteiger partial charge in [-0.25, -0.2) is 0 Å². The van der Waals surface area contributed by atoms with Crippen molar-refractivity contribution >= 4 is 11.8 Å². The van der Waals surface area contributed by atoms with Crippen molar-refractivity contribution in [3.05, 3.63) is 0 Å². The molecule has 0 aromatic heterocycles. The van der Waals surface area contributed by atoms with E-state index in [4.69, 9.17) is 5.73 Å². The first-order valence-corrected chi connectivity index (χ1v) is 8.75. The van der Waals surface area contributed by atoms with Crippen LogP contribution in [0.25, 0.3) is 0 Å². The fraction of sp³-hybridized carbons (Fsp3) is 0.882. The number of carbonyl (C=O) groups is 2. The van der Waals surface area contributed by atoms with Crippen LogP contribution in [0.2, 0.25) is 0 Å². The maximum atomic E-state index is 12.3. The number of hydrogen-bond acceptors (Lipinski definition) is 4. The zero-order chi connectivity index (χ0) is 17.8. The highest BCUT2D eigenvalue weighted by atomic mass is 16.2. The van der Waals surface area contributed by atoms with E-state index >= 15 is 0 Å². The van der Waals surface area contributed by atoms with Crippen LogP contribution in [0.3, 0.4) is 0 Å². The molecular formula is C17H36N4O2. The van der Waals surface area contributed by atoms with Gasteiger partial charge < -0.3 is 21.3 Å². The molecule has 136 valence electrons. The molecule has 6 nitrogen and oxygen atoms in total. The average Bonchev–Trinajstić information content (AvgIpc) is 2.44. The van der Waals surface area contributed by atoms with Crippen LogP contribution in [0.15, 0.2) is 0 Å². The fourth-order valence-corrected chi connectivity index (χ4v) is 2.29. The topological polar surface area (TPSA) is 87.5 Å². The lowest BCUT2D eigenvalue weighted by molar-refractivity contribution is -0.131. The summed E-state index contributed by atoms with van der Waals surface area (Å²) in [5.74, 6) is 0.469. The Morgan fingerprint density at radius 2 is 1.78 bits per heavy atom. The first-order chi connectivity index (χ1) is 10.8. The number of nitrogens with one attached hydrogen (secondary N) is 2. The van der Waals surface area contributed by atoms with Gasteiger partial charge in [0.15, 0.2) is 0 Å². The maximum Gasteiger partial charge on any atom is 0.237 e. The number of unbranched alkanes of at least 4 members (excludes halogenated alkanes) is 1. The van der Waals surface area contributed by atoms with Crippen molar-refractivity contribution in [2.24, 2.45) is 11.7 Å². The Bertz CT molecular complexity index is 345. The summed E-state index contributed by atoms with van der Waals surface area (Å²) in [7, 11) is 1.78. The summed E-state index contributed by atoms with van der Waals surface area (Å²) < 4.78 is 0. The monoisotopic (exact) mass is 328 g/mol. The van der Waals surface area contributed by atoms with Crippen LogP contribution >= 0.6 is 0 Å². The summed E-state index contributed by atoms with van der Waals surface area (Å²) in [5, 5.41) is 6.22. The zero-order valence-electron chi connectivity index (χ0n) is 15.5. The minimum absolute atomic E-state index is 0.000398. The van der Waals surface area contributed by atoms with Gasteiger partial charge in [0.2, 0.25) is 11.8 Å². The van der Waals surface area contributed by atoms with Crippen molar-refractivity contribution in [3.8, 4) is 0 Å². The molecule has 0 radical (unpaired) electrons. The van der Waals surface area contributed by atoms with Crippen LogP contribution in [0, 0.1) is 5.92 Å². The Hall–Kier alpha value is -1.14. The summed E-state index contributed by atoms with van der Waals surface area (Å²) in [6, 6.07) is 0.0529. The second-order valence-corrected chi connectivity index (χ2v) is 6.86. The quantitative estimate of drug-likeness (QED) is 0.468. The van der Waals surface area contributed by atoms with Crippen LogP contribution in [0.1, 0.15) is 53.4 Å². The highest BCUT2D eigenvalue weighted by Crippen LogP contribution is 2.03. The average molecular weight is 329 g/mol. The van der Waals surface area contributed by atoms with Crippen molar-refractivity contribution < 1.29 is 9.59 Å². The van der Waals surface area contributed by atoms with Gasteiger partial charge in [0, 0.05) is 32.6 Å². The van der Waals surface area contributed by atoms with Crippen LogP contribution < -0.4 is 16.4 Å². The van der Waals surface area contributed by atoms with Crippen molar-refractivity contribution in [1.29, 1.82) is 0 Å². The lowest BCUT2D eigenvalue weighted by atomic mass is 10.1. The van der Waals surface area contributed by atoms with Gasteiger partial charge in [0.1, 0.15) is 0 Å². The summed E-state index contributed by atoms with van der Waals surface area (Å²) in [6.07, 6.45) is 3.18. The van der Waals surface area contributed by atoms with Crippen LogP contribution in [-0.2, 0) is 9.59 Å². The predicted molar refractivity (Wildman–Crippen MR) is 95.1 cm³/mol. The summed E-state index contributed by atoms with van der Waals surface area (Å²) in [6.45, 7) is 9.77. The van der Waals surface area contributed by atoms with E-state index in [2.05, 4.69) is 10.6 Å². The van der Waals surface area contributed by atoms with E-state index in [0.717, 1.165) is 19.3 Å². The van der Waals surface area contributed by atoms with Gasteiger partial charge in [-0.15, -0.1) is 0 Å². The lowest BCUT2D eigenvalue weighted by Crippen LogP contribution is -2.48. The Morgan fingerprint density at radius 1 is 1.13 bits per heavy atom. The van der Waals surface area contributed by atoms with Crippen molar-refractivity contribution in [1.82, 2.24) is 15.5 Å². The molecule has 6 heteroatoms. The molecule has 0 aliphatic heterocycles. The van der Waals surface area contributed by atoms with Crippen LogP contribution in [0.4, 0.5) is 0 Å². The Balaban J connectivity index is 4.21. The minimum atomic E-state index is -0.196.